The molecule has 2 aromatic rings. The molecule has 1 saturated heterocycles. The van der Waals surface area contributed by atoms with Crippen LogP contribution in [0.25, 0.3) is 5.65 Å². The number of aryl methyl sites for hydroxylation is 2. The fraction of sp³-hybridized carbons (Fsp3) is 0.500. The number of rotatable bonds is 1. The number of aromatic nitrogens is 3. The maximum Gasteiger partial charge on any atom is 0.272 e. The smallest absolute Gasteiger partial charge is 0.272 e. The van der Waals surface area contributed by atoms with Crippen LogP contribution in [-0.4, -0.2) is 38.5 Å². The lowest BCUT2D eigenvalue weighted by molar-refractivity contribution is 0.0718. The van der Waals surface area contributed by atoms with E-state index in [1.54, 1.807) is 4.52 Å². The van der Waals surface area contributed by atoms with Crippen molar-refractivity contribution in [3.05, 3.63) is 29.2 Å². The van der Waals surface area contributed by atoms with Gasteiger partial charge in [-0.2, -0.15) is 5.10 Å². The first-order valence-electron chi connectivity index (χ1n) is 6.78. The Bertz CT molecular complexity index is 626. The molecule has 2 aromatic heterocycles. The van der Waals surface area contributed by atoms with E-state index >= 15 is 0 Å². The average Bonchev–Trinajstić information content (AvgIpc) is 2.80. The SMILES string of the molecule is Cc1cc2nc(C(=O)N3CCCCC3)cc(C)n2n1. The molecule has 0 radical (unpaired) electrons. The summed E-state index contributed by atoms with van der Waals surface area (Å²) in [5, 5.41) is 4.35. The second-order valence-electron chi connectivity index (χ2n) is 5.19. The lowest BCUT2D eigenvalue weighted by atomic mass is 10.1. The highest BCUT2D eigenvalue weighted by Gasteiger charge is 2.20. The second-order valence-corrected chi connectivity index (χ2v) is 5.19. The molecule has 1 aliphatic heterocycles. The normalized spacial score (nSPS) is 16.0. The van der Waals surface area contributed by atoms with E-state index in [0.717, 1.165) is 43.0 Å². The summed E-state index contributed by atoms with van der Waals surface area (Å²) in [6, 6.07) is 3.73. The topological polar surface area (TPSA) is 50.5 Å². The Kier molecular flexibility index (Phi) is 2.97. The summed E-state index contributed by atoms with van der Waals surface area (Å²) in [6.07, 6.45) is 3.41. The molecule has 5 nitrogen and oxygen atoms in total. The number of carbonyl (C=O) groups excluding carboxylic acids is 1. The zero-order valence-corrected chi connectivity index (χ0v) is 11.4. The zero-order valence-electron chi connectivity index (χ0n) is 11.4. The van der Waals surface area contributed by atoms with Crippen LogP contribution < -0.4 is 0 Å². The summed E-state index contributed by atoms with van der Waals surface area (Å²) in [6.45, 7) is 5.58. The molecule has 0 atom stereocenters. The number of amides is 1. The van der Waals surface area contributed by atoms with Crippen LogP contribution >= 0.6 is 0 Å². The first-order chi connectivity index (χ1) is 9.15. The maximum absolute atomic E-state index is 12.4. The zero-order chi connectivity index (χ0) is 13.4. The molecule has 1 fully saturated rings. The van der Waals surface area contributed by atoms with E-state index in [1.807, 2.05) is 30.9 Å². The third-order valence-corrected chi connectivity index (χ3v) is 3.59. The van der Waals surface area contributed by atoms with Crippen LogP contribution in [0.1, 0.15) is 41.1 Å². The third-order valence-electron chi connectivity index (χ3n) is 3.59. The number of hydrogen-bond acceptors (Lipinski definition) is 3. The van der Waals surface area contributed by atoms with Crippen molar-refractivity contribution in [3.8, 4) is 0 Å². The first kappa shape index (κ1) is 12.1. The monoisotopic (exact) mass is 258 g/mol. The van der Waals surface area contributed by atoms with Gasteiger partial charge in [-0.1, -0.05) is 0 Å². The van der Waals surface area contributed by atoms with Crippen molar-refractivity contribution in [3.63, 3.8) is 0 Å². The maximum atomic E-state index is 12.4. The van der Waals surface area contributed by atoms with Crippen LogP contribution in [0.15, 0.2) is 12.1 Å². The van der Waals surface area contributed by atoms with Crippen molar-refractivity contribution in [2.75, 3.05) is 13.1 Å². The summed E-state index contributed by atoms with van der Waals surface area (Å²) in [5.74, 6) is 0.0455. The summed E-state index contributed by atoms with van der Waals surface area (Å²) < 4.78 is 1.78. The summed E-state index contributed by atoms with van der Waals surface area (Å²) in [5.41, 5.74) is 3.14. The molecule has 0 N–H and O–H groups in total. The Labute approximate surface area is 112 Å². The van der Waals surface area contributed by atoms with Crippen LogP contribution in [0, 0.1) is 13.8 Å². The Morgan fingerprint density at radius 2 is 1.89 bits per heavy atom. The highest BCUT2D eigenvalue weighted by atomic mass is 16.2. The van der Waals surface area contributed by atoms with Gasteiger partial charge in [-0.3, -0.25) is 4.79 Å². The van der Waals surface area contributed by atoms with Gasteiger partial charge < -0.3 is 4.90 Å². The van der Waals surface area contributed by atoms with E-state index < -0.39 is 0 Å². The standard InChI is InChI=1S/C14H18N4O/c1-10-8-13-15-12(9-11(2)18(13)16-10)14(19)17-6-4-3-5-7-17/h8-9H,3-7H2,1-2H3. The Balaban J connectivity index is 1.97. The minimum Gasteiger partial charge on any atom is -0.337 e. The molecular formula is C14H18N4O. The van der Waals surface area contributed by atoms with Crippen molar-refractivity contribution in [1.29, 1.82) is 0 Å². The summed E-state index contributed by atoms with van der Waals surface area (Å²) in [7, 11) is 0. The van der Waals surface area contributed by atoms with E-state index in [0.29, 0.717) is 5.69 Å². The minimum absolute atomic E-state index is 0.0455. The van der Waals surface area contributed by atoms with Crippen molar-refractivity contribution >= 4 is 11.6 Å². The van der Waals surface area contributed by atoms with Gasteiger partial charge in [-0.25, -0.2) is 9.50 Å². The molecule has 1 amide bonds. The van der Waals surface area contributed by atoms with Crippen LogP contribution in [-0.2, 0) is 0 Å². The second kappa shape index (κ2) is 4.64. The van der Waals surface area contributed by atoms with Gasteiger partial charge in [0.05, 0.1) is 5.69 Å². The Hall–Kier alpha value is -1.91. The van der Waals surface area contributed by atoms with E-state index in [9.17, 15) is 4.79 Å². The molecule has 3 rings (SSSR count). The minimum atomic E-state index is 0.0455. The molecule has 0 spiro atoms. The Morgan fingerprint density at radius 1 is 1.16 bits per heavy atom. The van der Waals surface area contributed by atoms with Gasteiger partial charge >= 0.3 is 0 Å². The summed E-state index contributed by atoms with van der Waals surface area (Å²) in [4.78, 5) is 18.8. The molecule has 0 bridgehead atoms. The number of piperidine rings is 1. The van der Waals surface area contributed by atoms with Gasteiger partial charge in [0.1, 0.15) is 5.69 Å². The third kappa shape index (κ3) is 2.20. The van der Waals surface area contributed by atoms with Gasteiger partial charge in [0, 0.05) is 24.8 Å². The number of hydrogen-bond donors (Lipinski definition) is 0. The molecule has 0 aliphatic carbocycles. The first-order valence-corrected chi connectivity index (χ1v) is 6.78. The quantitative estimate of drug-likeness (QED) is 0.785. The van der Waals surface area contributed by atoms with Crippen LogP contribution in [0.4, 0.5) is 0 Å². The van der Waals surface area contributed by atoms with E-state index in [4.69, 9.17) is 0 Å². The fourth-order valence-electron chi connectivity index (χ4n) is 2.61. The number of likely N-dealkylation sites (tertiary alicyclic amines) is 1. The van der Waals surface area contributed by atoms with E-state index in [-0.39, 0.29) is 5.91 Å². The van der Waals surface area contributed by atoms with E-state index in [2.05, 4.69) is 10.1 Å². The molecule has 0 unspecified atom stereocenters. The van der Waals surface area contributed by atoms with Crippen molar-refractivity contribution in [1.82, 2.24) is 19.5 Å². The number of nitrogens with zero attached hydrogens (tertiary/aromatic N) is 4. The Morgan fingerprint density at radius 3 is 2.63 bits per heavy atom. The van der Waals surface area contributed by atoms with Gasteiger partial charge in [-0.15, -0.1) is 0 Å². The van der Waals surface area contributed by atoms with Gasteiger partial charge in [-0.05, 0) is 39.2 Å². The predicted octanol–water partition coefficient (Wildman–Crippen LogP) is 1.97. The van der Waals surface area contributed by atoms with Crippen LogP contribution in [0.2, 0.25) is 0 Å². The van der Waals surface area contributed by atoms with Crippen LogP contribution in [0.5, 0.6) is 0 Å². The fourth-order valence-corrected chi connectivity index (χ4v) is 2.61. The number of fused-ring (bicyclic) bond motifs is 1. The van der Waals surface area contributed by atoms with Gasteiger partial charge in [0.25, 0.3) is 5.91 Å². The van der Waals surface area contributed by atoms with Crippen molar-refractivity contribution in [2.24, 2.45) is 0 Å². The summed E-state index contributed by atoms with van der Waals surface area (Å²) >= 11 is 0. The number of carbonyl (C=O) groups is 1. The lowest BCUT2D eigenvalue weighted by Gasteiger charge is -2.26. The van der Waals surface area contributed by atoms with Crippen molar-refractivity contribution < 1.29 is 4.79 Å². The predicted molar refractivity (Wildman–Crippen MR) is 72.2 cm³/mol. The van der Waals surface area contributed by atoms with Gasteiger partial charge in [0.2, 0.25) is 0 Å². The average molecular weight is 258 g/mol. The highest BCUT2D eigenvalue weighted by molar-refractivity contribution is 5.93. The largest absolute Gasteiger partial charge is 0.337 e. The molecule has 100 valence electrons. The molecule has 5 heteroatoms. The molecule has 0 aromatic carbocycles. The van der Waals surface area contributed by atoms with E-state index in [1.165, 1.54) is 6.42 Å². The van der Waals surface area contributed by atoms with Crippen molar-refractivity contribution in [2.45, 2.75) is 33.1 Å². The molecule has 3 heterocycles. The molecule has 19 heavy (non-hydrogen) atoms. The lowest BCUT2D eigenvalue weighted by Crippen LogP contribution is -2.36. The highest BCUT2D eigenvalue weighted by Crippen LogP contribution is 2.14. The molecule has 1 aliphatic rings. The molecule has 0 saturated carbocycles. The molecular weight excluding hydrogens is 240 g/mol. The van der Waals surface area contributed by atoms with Gasteiger partial charge in [0.15, 0.2) is 5.65 Å². The van der Waals surface area contributed by atoms with Crippen LogP contribution in [0.3, 0.4) is 0 Å².